The van der Waals surface area contributed by atoms with Crippen molar-refractivity contribution in [2.24, 2.45) is 5.92 Å². The van der Waals surface area contributed by atoms with Crippen LogP contribution in [0.4, 0.5) is 0 Å². The van der Waals surface area contributed by atoms with Crippen LogP contribution in [0.15, 0.2) is 0 Å². The van der Waals surface area contributed by atoms with E-state index in [4.69, 9.17) is 4.55 Å². The van der Waals surface area contributed by atoms with E-state index in [1.54, 1.807) is 0 Å². The molecule has 1 rings (SSSR count). The zero-order valence-corrected chi connectivity index (χ0v) is 13.8. The molecule has 0 saturated carbocycles. The molecule has 1 saturated heterocycles. The number of piperidine rings is 1. The van der Waals surface area contributed by atoms with Gasteiger partial charge in [-0.05, 0) is 38.0 Å². The molecule has 0 spiro atoms. The monoisotopic (exact) mass is 305 g/mol. The predicted octanol–water partition coefficient (Wildman–Crippen LogP) is 2.64. The Morgan fingerprint density at radius 2 is 1.95 bits per heavy atom. The lowest BCUT2D eigenvalue weighted by Crippen LogP contribution is -2.43. The molecule has 1 heterocycles. The first-order valence-electron chi connectivity index (χ1n) is 8.02. The molecule has 2 N–H and O–H groups in total. The van der Waals surface area contributed by atoms with E-state index in [0.717, 1.165) is 38.8 Å². The van der Waals surface area contributed by atoms with Crippen LogP contribution < -0.4 is 0 Å². The highest BCUT2D eigenvalue weighted by atomic mass is 32.2. The van der Waals surface area contributed by atoms with Crippen LogP contribution in [0, 0.1) is 5.92 Å². The summed E-state index contributed by atoms with van der Waals surface area (Å²) in [5.74, 6) is 0.875. The van der Waals surface area contributed by atoms with E-state index in [2.05, 4.69) is 18.7 Å². The summed E-state index contributed by atoms with van der Waals surface area (Å²) in [5, 5.41) is 9.62. The molecule has 0 radical (unpaired) electrons. The number of rotatable bonds is 9. The summed E-state index contributed by atoms with van der Waals surface area (Å²) in [5.41, 5.74) is 0. The average molecular weight is 305 g/mol. The van der Waals surface area contributed by atoms with Crippen molar-refractivity contribution in [1.82, 2.24) is 4.90 Å². The first-order valence-corrected chi connectivity index (χ1v) is 9.30. The van der Waals surface area contributed by atoms with E-state index in [1.165, 1.54) is 19.3 Å². The Bertz CT molecular complexity index is 280. The molecule has 0 amide bonds. The summed E-state index contributed by atoms with van der Waals surface area (Å²) < 4.78 is 19.7. The third kappa shape index (κ3) is 7.16. The second-order valence-electron chi connectivity index (χ2n) is 6.22. The van der Waals surface area contributed by atoms with Gasteiger partial charge in [0.2, 0.25) is 0 Å². The fourth-order valence-corrected chi connectivity index (χ4v) is 3.63. The number of nitrogens with zero attached hydrogens (tertiary/aromatic N) is 1. The molecule has 0 aromatic heterocycles. The van der Waals surface area contributed by atoms with Crippen molar-refractivity contribution in [1.29, 1.82) is 0 Å². The molecular weight excluding hydrogens is 274 g/mol. The van der Waals surface area contributed by atoms with Crippen molar-refractivity contribution in [2.75, 3.05) is 18.8 Å². The lowest BCUT2D eigenvalue weighted by atomic mass is 9.93. The summed E-state index contributed by atoms with van der Waals surface area (Å²) in [4.78, 5) is 2.52. The average Bonchev–Trinajstić information content (AvgIpc) is 2.42. The second-order valence-corrected chi connectivity index (χ2v) is 7.27. The number of hydrogen-bond acceptors (Lipinski definition) is 3. The maximum atomic E-state index is 10.8. The van der Waals surface area contributed by atoms with Gasteiger partial charge in [0.05, 0.1) is 6.10 Å². The van der Waals surface area contributed by atoms with Crippen LogP contribution in [0.2, 0.25) is 0 Å². The topological polar surface area (TPSA) is 60.8 Å². The van der Waals surface area contributed by atoms with Gasteiger partial charge in [0.15, 0.2) is 11.1 Å². The highest BCUT2D eigenvalue weighted by Gasteiger charge is 2.25. The molecule has 3 atom stereocenters. The van der Waals surface area contributed by atoms with E-state index in [9.17, 15) is 9.32 Å². The quantitative estimate of drug-likeness (QED) is 0.643. The van der Waals surface area contributed by atoms with Crippen LogP contribution in [-0.2, 0) is 11.1 Å². The SMILES string of the molecule is CCCCC(CC(C)CCS(=O)O)N1CCC(O)CC1. The largest absolute Gasteiger partial charge is 0.393 e. The van der Waals surface area contributed by atoms with Crippen molar-refractivity contribution < 1.29 is 13.9 Å². The highest BCUT2D eigenvalue weighted by molar-refractivity contribution is 7.79. The number of hydrogen-bond donors (Lipinski definition) is 2. The maximum Gasteiger partial charge on any atom is 0.152 e. The van der Waals surface area contributed by atoms with Gasteiger partial charge in [-0.25, -0.2) is 4.21 Å². The Morgan fingerprint density at radius 1 is 1.30 bits per heavy atom. The van der Waals surface area contributed by atoms with Gasteiger partial charge in [0.25, 0.3) is 0 Å². The maximum absolute atomic E-state index is 10.8. The van der Waals surface area contributed by atoms with E-state index in [0.29, 0.717) is 17.7 Å². The fourth-order valence-electron chi connectivity index (χ4n) is 3.02. The van der Waals surface area contributed by atoms with E-state index >= 15 is 0 Å². The first kappa shape index (κ1) is 18.1. The fraction of sp³-hybridized carbons (Fsp3) is 1.00. The van der Waals surface area contributed by atoms with E-state index < -0.39 is 11.1 Å². The van der Waals surface area contributed by atoms with Crippen LogP contribution in [0.25, 0.3) is 0 Å². The number of unbranched alkanes of at least 4 members (excludes halogenated alkanes) is 1. The van der Waals surface area contributed by atoms with Crippen LogP contribution >= 0.6 is 0 Å². The molecule has 1 aliphatic rings. The standard InChI is InChI=1S/C15H31NO3S/c1-3-4-5-14(12-13(2)8-11-20(18)19)16-9-6-15(17)7-10-16/h13-15,17H,3-12H2,1-2H3,(H,18,19). The van der Waals surface area contributed by atoms with Gasteiger partial charge >= 0.3 is 0 Å². The molecule has 5 heteroatoms. The molecule has 120 valence electrons. The van der Waals surface area contributed by atoms with E-state index in [-0.39, 0.29) is 6.10 Å². The van der Waals surface area contributed by atoms with Gasteiger partial charge < -0.3 is 14.6 Å². The predicted molar refractivity (Wildman–Crippen MR) is 84.2 cm³/mol. The van der Waals surface area contributed by atoms with Gasteiger partial charge in [0.1, 0.15) is 0 Å². The van der Waals surface area contributed by atoms with Crippen molar-refractivity contribution in [3.05, 3.63) is 0 Å². The van der Waals surface area contributed by atoms with Crippen molar-refractivity contribution in [3.8, 4) is 0 Å². The highest BCUT2D eigenvalue weighted by Crippen LogP contribution is 2.23. The molecule has 3 unspecified atom stereocenters. The zero-order valence-electron chi connectivity index (χ0n) is 13.0. The molecule has 4 nitrogen and oxygen atoms in total. The summed E-state index contributed by atoms with van der Waals surface area (Å²) in [7, 11) is 0. The van der Waals surface area contributed by atoms with Crippen LogP contribution in [0.5, 0.6) is 0 Å². The van der Waals surface area contributed by atoms with E-state index in [1.807, 2.05) is 0 Å². The summed E-state index contributed by atoms with van der Waals surface area (Å²) in [6.45, 7) is 6.39. The Kier molecular flexibility index (Phi) is 8.93. The van der Waals surface area contributed by atoms with Crippen molar-refractivity contribution in [2.45, 2.75) is 70.9 Å². The summed E-state index contributed by atoms with van der Waals surface area (Å²) in [6.07, 6.45) is 7.24. The van der Waals surface area contributed by atoms with Crippen molar-refractivity contribution in [3.63, 3.8) is 0 Å². The molecular formula is C15H31NO3S. The van der Waals surface area contributed by atoms with Gasteiger partial charge in [0, 0.05) is 24.9 Å². The normalized spacial score (nSPS) is 22.6. The lowest BCUT2D eigenvalue weighted by Gasteiger charge is -2.37. The first-order chi connectivity index (χ1) is 9.52. The number of aliphatic hydroxyl groups is 1. The minimum Gasteiger partial charge on any atom is -0.393 e. The third-order valence-electron chi connectivity index (χ3n) is 4.37. The van der Waals surface area contributed by atoms with Crippen molar-refractivity contribution >= 4 is 11.1 Å². The smallest absolute Gasteiger partial charge is 0.152 e. The van der Waals surface area contributed by atoms with Crippen LogP contribution in [0.3, 0.4) is 0 Å². The minimum atomic E-state index is -1.66. The van der Waals surface area contributed by atoms with Crippen LogP contribution in [0.1, 0.15) is 58.8 Å². The molecule has 0 aromatic carbocycles. The van der Waals surface area contributed by atoms with Crippen LogP contribution in [-0.4, -0.2) is 49.8 Å². The number of aliphatic hydroxyl groups excluding tert-OH is 1. The van der Waals surface area contributed by atoms with Gasteiger partial charge in [-0.3, -0.25) is 0 Å². The molecule has 20 heavy (non-hydrogen) atoms. The molecule has 0 aromatic rings. The van der Waals surface area contributed by atoms with Gasteiger partial charge in [-0.1, -0.05) is 26.7 Å². The summed E-state index contributed by atoms with van der Waals surface area (Å²) >= 11 is -1.66. The Hall–Kier alpha value is 0.0300. The summed E-state index contributed by atoms with van der Waals surface area (Å²) in [6, 6.07) is 0.574. The Balaban J connectivity index is 2.43. The second kappa shape index (κ2) is 9.87. The molecule has 0 bridgehead atoms. The number of likely N-dealkylation sites (tertiary alicyclic amines) is 1. The molecule has 0 aliphatic carbocycles. The van der Waals surface area contributed by atoms with Gasteiger partial charge in [-0.15, -0.1) is 0 Å². The minimum absolute atomic E-state index is 0.118. The molecule has 1 aliphatic heterocycles. The Labute approximate surface area is 126 Å². The zero-order chi connectivity index (χ0) is 15.0. The third-order valence-corrected chi connectivity index (χ3v) is 4.95. The lowest BCUT2D eigenvalue weighted by molar-refractivity contribution is 0.0513. The van der Waals surface area contributed by atoms with Gasteiger partial charge in [-0.2, -0.15) is 0 Å². The molecule has 1 fully saturated rings. The Morgan fingerprint density at radius 3 is 2.50 bits per heavy atom.